The van der Waals surface area contributed by atoms with Crippen LogP contribution in [-0.2, 0) is 19.9 Å². The van der Waals surface area contributed by atoms with Crippen molar-refractivity contribution in [2.45, 2.75) is 18.0 Å². The van der Waals surface area contributed by atoms with Crippen LogP contribution in [0.1, 0.15) is 12.0 Å². The molecule has 2 N–H and O–H groups in total. The summed E-state index contributed by atoms with van der Waals surface area (Å²) in [6, 6.07) is 14.0. The smallest absolute Gasteiger partial charge is 0.250 e. The molecule has 2 aromatic rings. The number of carbonyl (C=O) groups is 3. The standard InChI is InChI=1S/C23H23N3O4S/c1-30-14-9-7-13(8-10-14)26-20(27)18-17(11-12-31-2)25-23(19(18)21(26)28)15-5-3-4-6-16(15)24-22(23)29/h3-10,17-19,25H,11-12H2,1-2H3,(H,24,29)/t17-,18-,19-,23-/m0/s1. The number of hydrogen-bond donors (Lipinski definition) is 2. The first-order valence-corrected chi connectivity index (χ1v) is 11.6. The molecule has 0 saturated carbocycles. The number of rotatable bonds is 5. The van der Waals surface area contributed by atoms with Gasteiger partial charge in [0, 0.05) is 17.3 Å². The van der Waals surface area contributed by atoms with Gasteiger partial charge < -0.3 is 10.1 Å². The van der Waals surface area contributed by atoms with E-state index in [-0.39, 0.29) is 23.8 Å². The summed E-state index contributed by atoms with van der Waals surface area (Å²) in [6.45, 7) is 0. The molecule has 3 amide bonds. The van der Waals surface area contributed by atoms with Crippen molar-refractivity contribution in [3.63, 3.8) is 0 Å². The Morgan fingerprint density at radius 3 is 2.52 bits per heavy atom. The molecule has 3 aliphatic heterocycles. The van der Waals surface area contributed by atoms with Crippen molar-refractivity contribution in [2.75, 3.05) is 29.3 Å². The van der Waals surface area contributed by atoms with Crippen LogP contribution >= 0.6 is 11.8 Å². The van der Waals surface area contributed by atoms with Crippen LogP contribution in [0.15, 0.2) is 48.5 Å². The summed E-state index contributed by atoms with van der Waals surface area (Å²) >= 11 is 1.68. The van der Waals surface area contributed by atoms with Crippen LogP contribution in [0.4, 0.5) is 11.4 Å². The minimum Gasteiger partial charge on any atom is -0.497 e. The first-order chi connectivity index (χ1) is 15.0. The van der Waals surface area contributed by atoms with Gasteiger partial charge in [0.25, 0.3) is 0 Å². The average Bonchev–Trinajstić information content (AvgIpc) is 3.37. The molecule has 7 nitrogen and oxygen atoms in total. The van der Waals surface area contributed by atoms with E-state index in [0.717, 1.165) is 11.3 Å². The van der Waals surface area contributed by atoms with E-state index < -0.39 is 17.4 Å². The maximum atomic E-state index is 13.7. The molecule has 0 aliphatic carbocycles. The van der Waals surface area contributed by atoms with Crippen LogP contribution in [0.3, 0.4) is 0 Å². The van der Waals surface area contributed by atoms with Gasteiger partial charge in [-0.3, -0.25) is 19.7 Å². The Hall–Kier alpha value is -2.84. The van der Waals surface area contributed by atoms with E-state index in [0.29, 0.717) is 23.5 Å². The van der Waals surface area contributed by atoms with Gasteiger partial charge in [-0.1, -0.05) is 18.2 Å². The summed E-state index contributed by atoms with van der Waals surface area (Å²) in [7, 11) is 1.56. The summed E-state index contributed by atoms with van der Waals surface area (Å²) in [5, 5.41) is 6.37. The molecule has 31 heavy (non-hydrogen) atoms. The Balaban J connectivity index is 1.62. The molecular formula is C23H23N3O4S. The van der Waals surface area contributed by atoms with Crippen molar-refractivity contribution >= 4 is 40.9 Å². The fraction of sp³-hybridized carbons (Fsp3) is 0.348. The van der Waals surface area contributed by atoms with Crippen LogP contribution in [0.5, 0.6) is 5.75 Å². The second-order valence-electron chi connectivity index (χ2n) is 8.05. The van der Waals surface area contributed by atoms with E-state index in [9.17, 15) is 14.4 Å². The number of para-hydroxylation sites is 1. The number of nitrogens with one attached hydrogen (secondary N) is 2. The lowest BCUT2D eigenvalue weighted by Gasteiger charge is -2.29. The molecule has 2 saturated heterocycles. The fourth-order valence-corrected chi connectivity index (χ4v) is 5.73. The molecule has 1 spiro atoms. The molecule has 2 aromatic carbocycles. The van der Waals surface area contributed by atoms with Gasteiger partial charge in [-0.25, -0.2) is 4.90 Å². The van der Waals surface area contributed by atoms with Gasteiger partial charge in [0.2, 0.25) is 17.7 Å². The van der Waals surface area contributed by atoms with E-state index in [1.807, 2.05) is 30.5 Å². The quantitative estimate of drug-likeness (QED) is 0.699. The SMILES string of the molecule is COc1ccc(N2C(=O)[C@H]3[C@H](CCSC)N[C@]4(C(=O)Nc5ccccc54)[C@@H]3C2=O)cc1. The number of ether oxygens (including phenoxy) is 1. The topological polar surface area (TPSA) is 87.7 Å². The third-order valence-electron chi connectivity index (χ3n) is 6.59. The van der Waals surface area contributed by atoms with E-state index in [1.54, 1.807) is 43.1 Å². The number of carbonyl (C=O) groups excluding carboxylic acids is 3. The lowest BCUT2D eigenvalue weighted by Crippen LogP contribution is -2.53. The van der Waals surface area contributed by atoms with Gasteiger partial charge in [-0.2, -0.15) is 11.8 Å². The van der Waals surface area contributed by atoms with Crippen molar-refractivity contribution < 1.29 is 19.1 Å². The highest BCUT2D eigenvalue weighted by molar-refractivity contribution is 7.98. The number of benzene rings is 2. The second kappa shape index (κ2) is 7.39. The van der Waals surface area contributed by atoms with Gasteiger partial charge in [0.05, 0.1) is 24.6 Å². The molecule has 8 heteroatoms. The molecule has 0 radical (unpaired) electrons. The Kier molecular flexibility index (Phi) is 4.79. The Labute approximate surface area is 184 Å². The molecule has 160 valence electrons. The average molecular weight is 438 g/mol. The molecule has 3 heterocycles. The third-order valence-corrected chi connectivity index (χ3v) is 7.23. The van der Waals surface area contributed by atoms with Crippen molar-refractivity contribution in [2.24, 2.45) is 11.8 Å². The van der Waals surface area contributed by atoms with E-state index in [2.05, 4.69) is 10.6 Å². The molecule has 0 unspecified atom stereocenters. The van der Waals surface area contributed by atoms with E-state index in [1.165, 1.54) is 4.90 Å². The third kappa shape index (κ3) is 2.74. The Morgan fingerprint density at radius 1 is 1.06 bits per heavy atom. The first kappa shape index (κ1) is 20.1. The summed E-state index contributed by atoms with van der Waals surface area (Å²) in [6.07, 6.45) is 2.69. The number of fused-ring (bicyclic) bond motifs is 4. The van der Waals surface area contributed by atoms with Crippen LogP contribution in [-0.4, -0.2) is 42.9 Å². The van der Waals surface area contributed by atoms with Gasteiger partial charge >= 0.3 is 0 Å². The molecule has 3 aliphatic rings. The van der Waals surface area contributed by atoms with Gasteiger partial charge in [0.15, 0.2) is 0 Å². The highest BCUT2D eigenvalue weighted by atomic mass is 32.2. The van der Waals surface area contributed by atoms with Crippen molar-refractivity contribution in [3.05, 3.63) is 54.1 Å². The maximum Gasteiger partial charge on any atom is 0.250 e. The summed E-state index contributed by atoms with van der Waals surface area (Å²) in [5.41, 5.74) is 0.681. The molecular weight excluding hydrogens is 414 g/mol. The lowest BCUT2D eigenvalue weighted by atomic mass is 9.76. The predicted octanol–water partition coefficient (Wildman–Crippen LogP) is 2.37. The Morgan fingerprint density at radius 2 is 1.81 bits per heavy atom. The number of amides is 3. The summed E-state index contributed by atoms with van der Waals surface area (Å²) < 4.78 is 5.20. The van der Waals surface area contributed by atoms with Gasteiger partial charge in [-0.15, -0.1) is 0 Å². The molecule has 5 rings (SSSR count). The van der Waals surface area contributed by atoms with E-state index in [4.69, 9.17) is 4.74 Å². The highest BCUT2D eigenvalue weighted by Gasteiger charge is 2.70. The minimum atomic E-state index is -1.24. The number of imide groups is 1. The Bertz CT molecular complexity index is 1070. The zero-order valence-electron chi connectivity index (χ0n) is 17.3. The lowest BCUT2D eigenvalue weighted by molar-refractivity contribution is -0.130. The predicted molar refractivity (Wildman–Crippen MR) is 119 cm³/mol. The zero-order valence-corrected chi connectivity index (χ0v) is 18.1. The van der Waals surface area contributed by atoms with Gasteiger partial charge in [-0.05, 0) is 48.8 Å². The maximum absolute atomic E-state index is 13.7. The number of nitrogens with zero attached hydrogens (tertiary/aromatic N) is 1. The van der Waals surface area contributed by atoms with Crippen LogP contribution < -0.4 is 20.3 Å². The van der Waals surface area contributed by atoms with Crippen molar-refractivity contribution in [3.8, 4) is 5.75 Å². The zero-order chi connectivity index (χ0) is 21.8. The van der Waals surface area contributed by atoms with Gasteiger partial charge in [0.1, 0.15) is 11.3 Å². The van der Waals surface area contributed by atoms with Crippen LogP contribution in [0.25, 0.3) is 0 Å². The fourth-order valence-electron chi connectivity index (χ4n) is 5.24. The number of thioether (sulfide) groups is 1. The first-order valence-electron chi connectivity index (χ1n) is 10.2. The van der Waals surface area contributed by atoms with Crippen molar-refractivity contribution in [1.29, 1.82) is 0 Å². The molecule has 0 aromatic heterocycles. The van der Waals surface area contributed by atoms with Crippen LogP contribution in [0, 0.1) is 11.8 Å². The largest absolute Gasteiger partial charge is 0.497 e. The molecule has 4 atom stereocenters. The van der Waals surface area contributed by atoms with E-state index >= 15 is 0 Å². The van der Waals surface area contributed by atoms with Crippen LogP contribution in [0.2, 0.25) is 0 Å². The summed E-state index contributed by atoms with van der Waals surface area (Å²) in [4.78, 5) is 41.9. The normalized spacial score (nSPS) is 28.8. The van der Waals surface area contributed by atoms with Crippen molar-refractivity contribution in [1.82, 2.24) is 5.32 Å². The number of anilines is 2. The molecule has 0 bridgehead atoms. The number of hydrogen-bond acceptors (Lipinski definition) is 6. The number of methoxy groups -OCH3 is 1. The summed E-state index contributed by atoms with van der Waals surface area (Å²) in [5.74, 6) is -0.795. The second-order valence-corrected chi connectivity index (χ2v) is 9.04. The highest BCUT2D eigenvalue weighted by Crippen LogP contribution is 2.53. The monoisotopic (exact) mass is 437 g/mol. The molecule has 2 fully saturated rings. The minimum absolute atomic E-state index is 0.257.